The normalized spacial score (nSPS) is 16.6. The minimum absolute atomic E-state index is 0.0355. The molecule has 0 spiro atoms. The number of nitrogens with one attached hydrogen (secondary N) is 5. The van der Waals surface area contributed by atoms with Gasteiger partial charge >= 0.3 is 5.97 Å². The monoisotopic (exact) mass is 683 g/mol. The van der Waals surface area contributed by atoms with Gasteiger partial charge in [-0.25, -0.2) is 9.78 Å². The molecule has 0 bridgehead atoms. The third-order valence-electron chi connectivity index (χ3n) is 8.04. The SMILES string of the molecule is CC(C)[C@H](NC(=O)[C@@H]1CCCN1C(=O)[C@@H](N)CCC(N)=O)C(=O)N[C@@H](Cc1ccccc1)C(=O)NCC(=O)N[C@@H](Cc1c[nH]cn1)C(=O)O. The molecule has 49 heavy (non-hydrogen) atoms. The van der Waals surface area contributed by atoms with Crippen molar-refractivity contribution in [3.8, 4) is 0 Å². The van der Waals surface area contributed by atoms with Crippen LogP contribution in [0.4, 0.5) is 0 Å². The van der Waals surface area contributed by atoms with Gasteiger partial charge in [-0.3, -0.25) is 28.8 Å². The highest BCUT2D eigenvalue weighted by molar-refractivity contribution is 5.96. The third kappa shape index (κ3) is 11.7. The van der Waals surface area contributed by atoms with Crippen LogP contribution in [0.15, 0.2) is 42.9 Å². The quantitative estimate of drug-likeness (QED) is 0.0863. The number of carbonyl (C=O) groups is 7. The molecule has 17 nitrogen and oxygen atoms in total. The summed E-state index contributed by atoms with van der Waals surface area (Å²) in [6.45, 7) is 3.13. The van der Waals surface area contributed by atoms with E-state index in [1.807, 2.05) is 0 Å². The fraction of sp³-hybridized carbons (Fsp3) is 0.500. The van der Waals surface area contributed by atoms with Crippen LogP contribution in [0.25, 0.3) is 0 Å². The van der Waals surface area contributed by atoms with Gasteiger partial charge in [0.1, 0.15) is 24.2 Å². The maximum absolute atomic E-state index is 13.6. The van der Waals surface area contributed by atoms with Crippen LogP contribution in [0.2, 0.25) is 0 Å². The average molecular weight is 684 g/mol. The molecule has 1 aliphatic rings. The number of benzene rings is 1. The number of nitrogens with two attached hydrogens (primary N) is 2. The van der Waals surface area contributed by atoms with Gasteiger partial charge < -0.3 is 47.7 Å². The van der Waals surface area contributed by atoms with E-state index in [4.69, 9.17) is 11.5 Å². The van der Waals surface area contributed by atoms with E-state index < -0.39 is 84.1 Å². The first-order valence-corrected chi connectivity index (χ1v) is 16.0. The van der Waals surface area contributed by atoms with Gasteiger partial charge in [0.15, 0.2) is 0 Å². The summed E-state index contributed by atoms with van der Waals surface area (Å²) in [6.07, 6.45) is 3.68. The minimum atomic E-state index is -1.29. The largest absolute Gasteiger partial charge is 0.480 e. The fourth-order valence-electron chi connectivity index (χ4n) is 5.39. The zero-order valence-electron chi connectivity index (χ0n) is 27.5. The number of carboxylic acids is 1. The van der Waals surface area contributed by atoms with Crippen molar-refractivity contribution in [3.05, 3.63) is 54.1 Å². The lowest BCUT2D eigenvalue weighted by molar-refractivity contribution is -0.142. The molecule has 3 rings (SSSR count). The Morgan fingerprint density at radius 1 is 1.00 bits per heavy atom. The molecule has 0 radical (unpaired) electrons. The van der Waals surface area contributed by atoms with Crippen LogP contribution < -0.4 is 32.7 Å². The highest BCUT2D eigenvalue weighted by Crippen LogP contribution is 2.20. The summed E-state index contributed by atoms with van der Waals surface area (Å²) in [7, 11) is 0. The standard InChI is InChI=1S/C32H45N9O8/c1-18(2)27(40-29(45)24-9-6-12-41(24)31(47)21(33)10-11-25(34)42)30(46)39-22(13-19-7-4-3-5-8-19)28(44)36-16-26(43)38-23(32(48)49)14-20-15-35-17-37-20/h3-5,7-8,15,17-18,21-24,27H,6,9-14,16,33H2,1-2H3,(H2,34,42)(H,35,37)(H,36,44)(H,38,43)(H,39,46)(H,40,45)(H,48,49)/t21-,22-,23-,24-,27-/m0/s1. The van der Waals surface area contributed by atoms with Crippen molar-refractivity contribution in [1.82, 2.24) is 36.1 Å². The van der Waals surface area contributed by atoms with Crippen LogP contribution in [-0.4, -0.2) is 105 Å². The molecule has 1 aromatic heterocycles. The van der Waals surface area contributed by atoms with Crippen molar-refractivity contribution in [1.29, 1.82) is 0 Å². The van der Waals surface area contributed by atoms with Crippen molar-refractivity contribution in [2.45, 2.75) is 82.6 Å². The number of carboxylic acid groups (broad SMARTS) is 1. The van der Waals surface area contributed by atoms with Crippen LogP contribution in [-0.2, 0) is 46.4 Å². The summed E-state index contributed by atoms with van der Waals surface area (Å²) in [5, 5.41) is 19.7. The van der Waals surface area contributed by atoms with E-state index in [-0.39, 0.29) is 32.2 Å². The Labute approximate surface area is 283 Å². The Kier molecular flexibility index (Phi) is 14.2. The third-order valence-corrected chi connectivity index (χ3v) is 8.04. The van der Waals surface area contributed by atoms with Gasteiger partial charge in [0, 0.05) is 32.0 Å². The zero-order chi connectivity index (χ0) is 36.1. The summed E-state index contributed by atoms with van der Waals surface area (Å²) in [6, 6.07) is 3.36. The summed E-state index contributed by atoms with van der Waals surface area (Å²) in [5.41, 5.74) is 12.3. The number of rotatable bonds is 18. The highest BCUT2D eigenvalue weighted by Gasteiger charge is 2.38. The molecule has 266 valence electrons. The van der Waals surface area contributed by atoms with E-state index in [9.17, 15) is 38.7 Å². The maximum Gasteiger partial charge on any atom is 0.326 e. The van der Waals surface area contributed by atoms with Crippen molar-refractivity contribution < 1.29 is 38.7 Å². The Morgan fingerprint density at radius 3 is 2.33 bits per heavy atom. The predicted octanol–water partition coefficient (Wildman–Crippen LogP) is -1.91. The van der Waals surface area contributed by atoms with E-state index >= 15 is 0 Å². The summed E-state index contributed by atoms with van der Waals surface area (Å²) >= 11 is 0. The van der Waals surface area contributed by atoms with Crippen LogP contribution in [0.3, 0.4) is 0 Å². The van der Waals surface area contributed by atoms with Crippen LogP contribution in [0.1, 0.15) is 50.8 Å². The Hall–Kier alpha value is -5.32. The molecular weight excluding hydrogens is 638 g/mol. The number of primary amides is 1. The Morgan fingerprint density at radius 2 is 1.71 bits per heavy atom. The fourth-order valence-corrected chi connectivity index (χ4v) is 5.39. The summed E-state index contributed by atoms with van der Waals surface area (Å²) in [5.74, 6) is -5.51. The van der Waals surface area contributed by atoms with Gasteiger partial charge in [-0.05, 0) is 30.7 Å². The van der Waals surface area contributed by atoms with Gasteiger partial charge in [-0.15, -0.1) is 0 Å². The summed E-state index contributed by atoms with van der Waals surface area (Å²) in [4.78, 5) is 96.8. The topological polar surface area (TPSA) is 272 Å². The number of aromatic amines is 1. The Balaban J connectivity index is 1.67. The molecule has 1 fully saturated rings. The molecule has 2 heterocycles. The highest BCUT2D eigenvalue weighted by atomic mass is 16.4. The van der Waals surface area contributed by atoms with E-state index in [1.54, 1.807) is 44.2 Å². The van der Waals surface area contributed by atoms with Crippen molar-refractivity contribution >= 4 is 41.4 Å². The van der Waals surface area contributed by atoms with E-state index in [2.05, 4.69) is 31.2 Å². The van der Waals surface area contributed by atoms with Crippen LogP contribution in [0.5, 0.6) is 0 Å². The van der Waals surface area contributed by atoms with Crippen LogP contribution >= 0.6 is 0 Å². The second-order valence-corrected chi connectivity index (χ2v) is 12.2. The first-order valence-electron chi connectivity index (χ1n) is 16.0. The molecule has 6 amide bonds. The van der Waals surface area contributed by atoms with Gasteiger partial charge in [-0.1, -0.05) is 44.2 Å². The zero-order valence-corrected chi connectivity index (χ0v) is 27.5. The number of H-pyrrole nitrogens is 1. The molecular formula is C32H45N9O8. The number of imidazole rings is 1. The van der Waals surface area contributed by atoms with Crippen molar-refractivity contribution in [2.75, 3.05) is 13.1 Å². The molecule has 0 aliphatic carbocycles. The molecule has 2 aromatic rings. The maximum atomic E-state index is 13.6. The predicted molar refractivity (Wildman–Crippen MR) is 175 cm³/mol. The first-order chi connectivity index (χ1) is 23.3. The van der Waals surface area contributed by atoms with E-state index in [0.717, 1.165) is 0 Å². The molecule has 1 aliphatic heterocycles. The Bertz CT molecular complexity index is 1470. The molecule has 0 unspecified atom stereocenters. The second kappa shape index (κ2) is 18.3. The van der Waals surface area contributed by atoms with Gasteiger partial charge in [0.2, 0.25) is 35.4 Å². The number of carbonyl (C=O) groups excluding carboxylic acids is 6. The number of nitrogens with zero attached hydrogens (tertiary/aromatic N) is 2. The minimum Gasteiger partial charge on any atom is -0.480 e. The van der Waals surface area contributed by atoms with Gasteiger partial charge in [-0.2, -0.15) is 0 Å². The molecule has 1 saturated heterocycles. The number of hydrogen-bond donors (Lipinski definition) is 8. The van der Waals surface area contributed by atoms with Crippen LogP contribution in [0, 0.1) is 5.92 Å². The van der Waals surface area contributed by atoms with Crippen molar-refractivity contribution in [3.63, 3.8) is 0 Å². The van der Waals surface area contributed by atoms with Crippen molar-refractivity contribution in [2.24, 2.45) is 17.4 Å². The number of amides is 6. The number of aromatic nitrogens is 2. The number of hydrogen-bond acceptors (Lipinski definition) is 9. The van der Waals surface area contributed by atoms with E-state index in [0.29, 0.717) is 24.1 Å². The molecule has 17 heteroatoms. The first kappa shape index (κ1) is 38.1. The molecule has 10 N–H and O–H groups in total. The summed E-state index contributed by atoms with van der Waals surface area (Å²) < 4.78 is 0. The second-order valence-electron chi connectivity index (χ2n) is 12.2. The van der Waals surface area contributed by atoms with Gasteiger partial charge in [0.05, 0.1) is 24.6 Å². The lowest BCUT2D eigenvalue weighted by Gasteiger charge is -2.30. The number of likely N-dealkylation sites (tertiary alicyclic amines) is 1. The van der Waals surface area contributed by atoms with Gasteiger partial charge in [0.25, 0.3) is 0 Å². The number of aliphatic carboxylic acids is 1. The smallest absolute Gasteiger partial charge is 0.326 e. The average Bonchev–Trinajstić information content (AvgIpc) is 3.77. The molecule has 5 atom stereocenters. The van der Waals surface area contributed by atoms with E-state index in [1.165, 1.54) is 17.4 Å². The lowest BCUT2D eigenvalue weighted by atomic mass is 10.00. The lowest BCUT2D eigenvalue weighted by Crippen LogP contribution is -2.59. The molecule has 0 saturated carbocycles. The molecule has 1 aromatic carbocycles.